The van der Waals surface area contributed by atoms with Crippen molar-refractivity contribution in [2.75, 3.05) is 36.4 Å². The summed E-state index contributed by atoms with van der Waals surface area (Å²) in [6.45, 7) is 1.38. The van der Waals surface area contributed by atoms with Crippen LogP contribution in [0.1, 0.15) is 77.5 Å². The van der Waals surface area contributed by atoms with Gasteiger partial charge in [0.05, 0.1) is 22.7 Å². The Morgan fingerprint density at radius 2 is 1.68 bits per heavy atom. The molecule has 5 rings (SSSR count). The second-order valence-electron chi connectivity index (χ2n) is 9.94. The quantitative estimate of drug-likeness (QED) is 0.541. The number of H-pyrrole nitrogens is 1. The number of aromatic nitrogens is 3. The number of piperidine rings is 2. The maximum absolute atomic E-state index is 13.7. The van der Waals surface area contributed by atoms with Gasteiger partial charge in [0.1, 0.15) is 11.6 Å². The summed E-state index contributed by atoms with van der Waals surface area (Å²) in [5, 5.41) is 9.02. The molecule has 38 heavy (non-hydrogen) atoms. The fourth-order valence-corrected chi connectivity index (χ4v) is 5.55. The van der Waals surface area contributed by atoms with Gasteiger partial charge in [0, 0.05) is 50.3 Å². The van der Waals surface area contributed by atoms with Crippen LogP contribution in [0.15, 0.2) is 12.3 Å². The van der Waals surface area contributed by atoms with Gasteiger partial charge >= 0.3 is 12.4 Å². The summed E-state index contributed by atoms with van der Waals surface area (Å²) in [5.41, 5.74) is -1.35. The Morgan fingerprint density at radius 3 is 2.32 bits per heavy atom. The van der Waals surface area contributed by atoms with Gasteiger partial charge in [0.2, 0.25) is 5.91 Å². The molecule has 0 aromatic carbocycles. The molecular formula is C24H26F6N6O2. The Balaban J connectivity index is 1.36. The van der Waals surface area contributed by atoms with Crippen molar-refractivity contribution in [1.29, 1.82) is 0 Å². The molecule has 0 aliphatic carbocycles. The van der Waals surface area contributed by atoms with Crippen LogP contribution in [0.4, 0.5) is 38.0 Å². The molecule has 0 bridgehead atoms. The summed E-state index contributed by atoms with van der Waals surface area (Å²) in [5.74, 6) is -3.58. The lowest BCUT2D eigenvalue weighted by Gasteiger charge is -2.34. The molecule has 2 saturated heterocycles. The van der Waals surface area contributed by atoms with E-state index >= 15 is 0 Å². The minimum absolute atomic E-state index is 0.0497. The number of carbonyl (C=O) groups excluding carboxylic acids is 2. The van der Waals surface area contributed by atoms with Gasteiger partial charge in [0.25, 0.3) is 5.91 Å². The number of fused-ring (bicyclic) bond motifs is 1. The van der Waals surface area contributed by atoms with Crippen molar-refractivity contribution in [3.63, 3.8) is 0 Å². The van der Waals surface area contributed by atoms with Crippen LogP contribution in [0, 0.1) is 0 Å². The van der Waals surface area contributed by atoms with Crippen LogP contribution in [-0.2, 0) is 11.0 Å². The average molecular weight is 545 g/mol. The topological polar surface area (TPSA) is 94.2 Å². The average Bonchev–Trinajstić information content (AvgIpc) is 3.30. The Hall–Kier alpha value is -3.32. The van der Waals surface area contributed by atoms with Crippen LogP contribution in [0.5, 0.6) is 0 Å². The number of aromatic amines is 1. The summed E-state index contributed by atoms with van der Waals surface area (Å²) in [4.78, 5) is 31.9. The van der Waals surface area contributed by atoms with Gasteiger partial charge in [-0.25, -0.2) is 4.98 Å². The second-order valence-corrected chi connectivity index (χ2v) is 9.94. The summed E-state index contributed by atoms with van der Waals surface area (Å²) < 4.78 is 82.2. The predicted octanol–water partition coefficient (Wildman–Crippen LogP) is 4.82. The molecule has 0 saturated carbocycles. The number of hydrogen-bond acceptors (Lipinski definition) is 5. The van der Waals surface area contributed by atoms with Crippen molar-refractivity contribution in [1.82, 2.24) is 20.1 Å². The van der Waals surface area contributed by atoms with Crippen LogP contribution in [0.25, 0.3) is 0 Å². The van der Waals surface area contributed by atoms with Crippen LogP contribution in [0.2, 0.25) is 0 Å². The number of nitrogens with one attached hydrogen (secondary N) is 2. The lowest BCUT2D eigenvalue weighted by molar-refractivity contribution is -0.156. The first-order chi connectivity index (χ1) is 17.9. The number of anilines is 2. The smallest absolute Gasteiger partial charge is 0.357 e. The summed E-state index contributed by atoms with van der Waals surface area (Å²) in [6.07, 6.45) is -6.28. The minimum Gasteiger partial charge on any atom is -0.357 e. The molecule has 0 spiro atoms. The molecule has 3 aliphatic heterocycles. The van der Waals surface area contributed by atoms with E-state index in [1.54, 1.807) is 4.90 Å². The van der Waals surface area contributed by atoms with Crippen LogP contribution in [-0.4, -0.2) is 64.3 Å². The molecule has 2 N–H and O–H groups in total. The van der Waals surface area contributed by atoms with Gasteiger partial charge in [-0.15, -0.1) is 0 Å². The largest absolute Gasteiger partial charge is 0.418 e. The molecule has 2 aromatic rings. The molecule has 2 amide bonds. The van der Waals surface area contributed by atoms with Crippen molar-refractivity contribution in [3.05, 3.63) is 34.6 Å². The van der Waals surface area contributed by atoms with Gasteiger partial charge in [-0.05, 0) is 38.2 Å². The number of likely N-dealkylation sites (tertiary alicyclic amines) is 1. The number of carbonyl (C=O) groups is 2. The molecule has 206 valence electrons. The molecule has 3 aliphatic rings. The van der Waals surface area contributed by atoms with E-state index < -0.39 is 47.6 Å². The third kappa shape index (κ3) is 5.04. The van der Waals surface area contributed by atoms with Crippen LogP contribution >= 0.6 is 0 Å². The van der Waals surface area contributed by atoms with E-state index in [0.717, 1.165) is 19.3 Å². The second kappa shape index (κ2) is 9.77. The highest BCUT2D eigenvalue weighted by molar-refractivity contribution is 5.96. The number of amides is 2. The van der Waals surface area contributed by atoms with Gasteiger partial charge in [-0.2, -0.15) is 31.4 Å². The van der Waals surface area contributed by atoms with Crippen LogP contribution < -0.4 is 10.2 Å². The first kappa shape index (κ1) is 26.3. The van der Waals surface area contributed by atoms with Gasteiger partial charge in [-0.3, -0.25) is 14.7 Å². The predicted molar refractivity (Wildman–Crippen MR) is 124 cm³/mol. The molecule has 14 heteroatoms. The van der Waals surface area contributed by atoms with E-state index in [2.05, 4.69) is 20.5 Å². The first-order valence-electron chi connectivity index (χ1n) is 12.5. The highest BCUT2D eigenvalue weighted by atomic mass is 19.4. The Bertz CT molecular complexity index is 1210. The zero-order valence-corrected chi connectivity index (χ0v) is 20.3. The number of hydrogen-bond donors (Lipinski definition) is 2. The standard InChI is InChI=1S/C24H26F6N6O2/c25-23(26,27)15-11-18(37)32-21-19(15)20(33-34-21)13-4-8-35(9-5-13)17-10-14(16(12-31-17)24(28,29)30)22(38)36-6-2-1-3-7-36/h10,12-13,15H,1-9,11H2,(H2,32,33,34,37)/t15-/m1/s1. The van der Waals surface area contributed by atoms with Crippen molar-refractivity contribution in [2.24, 2.45) is 0 Å². The maximum Gasteiger partial charge on any atom is 0.418 e. The van der Waals surface area contributed by atoms with E-state index in [9.17, 15) is 35.9 Å². The van der Waals surface area contributed by atoms with E-state index in [-0.39, 0.29) is 28.8 Å². The zero-order valence-electron chi connectivity index (χ0n) is 20.3. The molecule has 0 radical (unpaired) electrons. The van der Waals surface area contributed by atoms with Crippen LogP contribution in [0.3, 0.4) is 0 Å². The molecule has 8 nitrogen and oxygen atoms in total. The SMILES string of the molecule is O=C1C[C@@H](C(F)(F)F)c2c(C3CCN(c4cc(C(=O)N5CCCCC5)c(C(F)(F)F)cn4)CC3)n[nH]c2N1. The molecule has 1 atom stereocenters. The Morgan fingerprint density at radius 1 is 1.00 bits per heavy atom. The molecule has 5 heterocycles. The number of rotatable bonds is 3. The van der Waals surface area contributed by atoms with Crippen molar-refractivity contribution in [3.8, 4) is 0 Å². The zero-order chi connectivity index (χ0) is 27.2. The minimum atomic E-state index is -4.75. The molecular weight excluding hydrogens is 518 g/mol. The van der Waals surface area contributed by atoms with Gasteiger partial charge < -0.3 is 15.1 Å². The first-order valence-corrected chi connectivity index (χ1v) is 12.5. The number of nitrogens with zero attached hydrogens (tertiary/aromatic N) is 4. The number of alkyl halides is 6. The molecule has 2 aromatic heterocycles. The third-order valence-electron chi connectivity index (χ3n) is 7.51. The normalized spacial score (nSPS) is 21.3. The Labute approximate surface area is 213 Å². The molecule has 0 unspecified atom stereocenters. The lowest BCUT2D eigenvalue weighted by atomic mass is 9.84. The van der Waals surface area contributed by atoms with Crippen molar-refractivity contribution in [2.45, 2.75) is 62.7 Å². The van der Waals surface area contributed by atoms with E-state index in [1.807, 2.05) is 0 Å². The Kier molecular flexibility index (Phi) is 6.76. The van der Waals surface area contributed by atoms with E-state index in [4.69, 9.17) is 0 Å². The third-order valence-corrected chi connectivity index (χ3v) is 7.51. The monoisotopic (exact) mass is 544 g/mol. The summed E-state index contributed by atoms with van der Waals surface area (Å²) >= 11 is 0. The fraction of sp³-hybridized carbons (Fsp3) is 0.583. The highest BCUT2D eigenvalue weighted by Crippen LogP contribution is 2.47. The van der Waals surface area contributed by atoms with Gasteiger partial charge in [-0.1, -0.05) is 0 Å². The van der Waals surface area contributed by atoms with Gasteiger partial charge in [0.15, 0.2) is 0 Å². The van der Waals surface area contributed by atoms with E-state index in [0.29, 0.717) is 45.2 Å². The van der Waals surface area contributed by atoms with Crippen molar-refractivity contribution < 1.29 is 35.9 Å². The molecule has 2 fully saturated rings. The number of pyridine rings is 1. The summed E-state index contributed by atoms with van der Waals surface area (Å²) in [7, 11) is 0. The fourth-order valence-electron chi connectivity index (χ4n) is 5.55. The summed E-state index contributed by atoms with van der Waals surface area (Å²) in [6, 6.07) is 1.17. The maximum atomic E-state index is 13.7. The van der Waals surface area contributed by atoms with E-state index in [1.165, 1.54) is 11.0 Å². The van der Waals surface area contributed by atoms with Crippen molar-refractivity contribution >= 4 is 23.5 Å². The highest BCUT2D eigenvalue weighted by Gasteiger charge is 2.48. The lowest BCUT2D eigenvalue weighted by Crippen LogP contribution is -2.38. The number of halogens is 6.